The maximum absolute atomic E-state index is 12.6. The van der Waals surface area contributed by atoms with Crippen molar-refractivity contribution >= 4 is 29.1 Å². The van der Waals surface area contributed by atoms with Crippen LogP contribution < -0.4 is 10.1 Å². The Morgan fingerprint density at radius 1 is 1.16 bits per heavy atom. The van der Waals surface area contributed by atoms with Crippen LogP contribution in [0.25, 0.3) is 0 Å². The van der Waals surface area contributed by atoms with Crippen molar-refractivity contribution < 1.29 is 14.3 Å². The fourth-order valence-corrected chi connectivity index (χ4v) is 2.59. The molecule has 6 heteroatoms. The highest BCUT2D eigenvalue weighted by atomic mass is 35.5. The number of hydrogen-bond acceptors (Lipinski definition) is 3. The molecule has 0 saturated carbocycles. The lowest BCUT2D eigenvalue weighted by Crippen LogP contribution is -2.43. The second-order valence-electron chi connectivity index (χ2n) is 5.82. The van der Waals surface area contributed by atoms with Crippen LogP contribution in [0, 0.1) is 0 Å². The van der Waals surface area contributed by atoms with Crippen LogP contribution in [-0.4, -0.2) is 29.9 Å². The van der Waals surface area contributed by atoms with E-state index >= 15 is 0 Å². The standard InChI is InChI=1S/C19H21ClN2O3/c1-13(2)22(12-14-7-5-4-6-8-14)19(24)18(23)21-15-9-10-17(25-3)16(20)11-15/h4-11,13H,12H2,1-3H3,(H,21,23). The number of methoxy groups -OCH3 is 1. The van der Waals surface area contributed by atoms with Gasteiger partial charge in [-0.1, -0.05) is 41.9 Å². The van der Waals surface area contributed by atoms with Gasteiger partial charge in [0.2, 0.25) is 0 Å². The SMILES string of the molecule is COc1ccc(NC(=O)C(=O)N(Cc2ccccc2)C(C)C)cc1Cl. The topological polar surface area (TPSA) is 58.6 Å². The van der Waals surface area contributed by atoms with E-state index in [0.717, 1.165) is 5.56 Å². The van der Waals surface area contributed by atoms with Crippen LogP contribution in [-0.2, 0) is 16.1 Å². The van der Waals surface area contributed by atoms with Gasteiger partial charge in [0, 0.05) is 18.3 Å². The lowest BCUT2D eigenvalue weighted by atomic mass is 10.2. The first-order valence-electron chi connectivity index (χ1n) is 7.91. The van der Waals surface area contributed by atoms with Gasteiger partial charge >= 0.3 is 11.8 Å². The molecule has 5 nitrogen and oxygen atoms in total. The molecule has 0 fully saturated rings. The Hall–Kier alpha value is -2.53. The van der Waals surface area contributed by atoms with Crippen LogP contribution in [0.3, 0.4) is 0 Å². The molecule has 0 aliphatic rings. The fourth-order valence-electron chi connectivity index (χ4n) is 2.33. The Bertz CT molecular complexity index is 748. The van der Waals surface area contributed by atoms with E-state index in [4.69, 9.17) is 16.3 Å². The van der Waals surface area contributed by atoms with Gasteiger partial charge in [-0.2, -0.15) is 0 Å². The number of nitrogens with one attached hydrogen (secondary N) is 1. The minimum Gasteiger partial charge on any atom is -0.495 e. The van der Waals surface area contributed by atoms with E-state index in [9.17, 15) is 9.59 Å². The number of carbonyl (C=O) groups excluding carboxylic acids is 2. The van der Waals surface area contributed by atoms with E-state index in [2.05, 4.69) is 5.32 Å². The number of halogens is 1. The molecule has 0 saturated heterocycles. The Morgan fingerprint density at radius 3 is 2.40 bits per heavy atom. The molecule has 1 N–H and O–H groups in total. The molecular formula is C19H21ClN2O3. The van der Waals surface area contributed by atoms with Crippen molar-refractivity contribution in [2.24, 2.45) is 0 Å². The molecule has 0 atom stereocenters. The van der Waals surface area contributed by atoms with Crippen LogP contribution >= 0.6 is 11.6 Å². The minimum atomic E-state index is -0.703. The van der Waals surface area contributed by atoms with Crippen molar-refractivity contribution in [2.75, 3.05) is 12.4 Å². The first kappa shape index (κ1) is 18.8. The summed E-state index contributed by atoms with van der Waals surface area (Å²) in [6, 6.07) is 14.2. The van der Waals surface area contributed by atoms with Crippen LogP contribution in [0.5, 0.6) is 5.75 Å². The maximum atomic E-state index is 12.6. The van der Waals surface area contributed by atoms with E-state index in [1.165, 1.54) is 12.0 Å². The van der Waals surface area contributed by atoms with Crippen LogP contribution in [0.1, 0.15) is 19.4 Å². The Labute approximate surface area is 152 Å². The number of anilines is 1. The second kappa shape index (κ2) is 8.53. The normalized spacial score (nSPS) is 10.4. The summed E-state index contributed by atoms with van der Waals surface area (Å²) in [5.41, 5.74) is 1.40. The molecule has 0 bridgehead atoms. The summed E-state index contributed by atoms with van der Waals surface area (Å²) >= 11 is 6.04. The van der Waals surface area contributed by atoms with E-state index in [1.54, 1.807) is 18.2 Å². The van der Waals surface area contributed by atoms with E-state index < -0.39 is 11.8 Å². The average Bonchev–Trinajstić information content (AvgIpc) is 2.60. The van der Waals surface area contributed by atoms with E-state index in [0.29, 0.717) is 23.0 Å². The fraction of sp³-hybridized carbons (Fsp3) is 0.263. The molecule has 0 heterocycles. The van der Waals surface area contributed by atoms with Gasteiger partial charge in [-0.3, -0.25) is 9.59 Å². The Morgan fingerprint density at radius 2 is 1.84 bits per heavy atom. The smallest absolute Gasteiger partial charge is 0.313 e. The average molecular weight is 361 g/mol. The summed E-state index contributed by atoms with van der Waals surface area (Å²) in [4.78, 5) is 26.4. The van der Waals surface area contributed by atoms with Crippen molar-refractivity contribution in [1.29, 1.82) is 0 Å². The molecule has 0 aliphatic heterocycles. The Balaban J connectivity index is 2.10. The van der Waals surface area contributed by atoms with Gasteiger partial charge in [0.05, 0.1) is 12.1 Å². The third-order valence-electron chi connectivity index (χ3n) is 3.68. The predicted octanol–water partition coefficient (Wildman–Crippen LogP) is 3.72. The zero-order valence-electron chi connectivity index (χ0n) is 14.5. The summed E-state index contributed by atoms with van der Waals surface area (Å²) in [6.45, 7) is 4.12. The van der Waals surface area contributed by atoms with Crippen LogP contribution in [0.2, 0.25) is 5.02 Å². The monoisotopic (exact) mass is 360 g/mol. The van der Waals surface area contributed by atoms with Gasteiger partial charge < -0.3 is 15.0 Å². The van der Waals surface area contributed by atoms with E-state index in [1.807, 2.05) is 44.2 Å². The van der Waals surface area contributed by atoms with Gasteiger partial charge in [0.1, 0.15) is 5.75 Å². The zero-order chi connectivity index (χ0) is 18.4. The molecule has 0 aromatic heterocycles. The minimum absolute atomic E-state index is 0.113. The van der Waals surface area contributed by atoms with Gasteiger partial charge in [-0.25, -0.2) is 0 Å². The van der Waals surface area contributed by atoms with Crippen molar-refractivity contribution in [3.05, 3.63) is 59.1 Å². The van der Waals surface area contributed by atoms with Gasteiger partial charge in [-0.15, -0.1) is 0 Å². The van der Waals surface area contributed by atoms with Gasteiger partial charge in [0.15, 0.2) is 0 Å². The Kier molecular flexibility index (Phi) is 6.42. The number of rotatable bonds is 5. The van der Waals surface area contributed by atoms with Gasteiger partial charge in [0.25, 0.3) is 0 Å². The molecular weight excluding hydrogens is 340 g/mol. The summed E-state index contributed by atoms with van der Waals surface area (Å²) < 4.78 is 5.07. The van der Waals surface area contributed by atoms with Crippen LogP contribution in [0.4, 0.5) is 5.69 Å². The number of amides is 2. The zero-order valence-corrected chi connectivity index (χ0v) is 15.2. The van der Waals surface area contributed by atoms with Gasteiger partial charge in [-0.05, 0) is 37.6 Å². The molecule has 2 rings (SSSR count). The summed E-state index contributed by atoms with van der Waals surface area (Å²) in [7, 11) is 1.51. The highest BCUT2D eigenvalue weighted by Gasteiger charge is 2.24. The van der Waals surface area contributed by atoms with E-state index in [-0.39, 0.29) is 6.04 Å². The van der Waals surface area contributed by atoms with Crippen molar-refractivity contribution in [3.8, 4) is 5.75 Å². The molecule has 0 unspecified atom stereocenters. The molecule has 2 aromatic rings. The predicted molar refractivity (Wildman–Crippen MR) is 98.8 cm³/mol. The van der Waals surface area contributed by atoms with Crippen molar-refractivity contribution in [1.82, 2.24) is 4.90 Å². The largest absolute Gasteiger partial charge is 0.495 e. The quantitative estimate of drug-likeness (QED) is 0.826. The molecule has 2 aromatic carbocycles. The first-order valence-corrected chi connectivity index (χ1v) is 8.29. The third-order valence-corrected chi connectivity index (χ3v) is 3.98. The molecule has 0 aliphatic carbocycles. The summed E-state index contributed by atoms with van der Waals surface area (Å²) in [5.74, 6) is -0.796. The van der Waals surface area contributed by atoms with Crippen LogP contribution in [0.15, 0.2) is 48.5 Å². The maximum Gasteiger partial charge on any atom is 0.313 e. The molecule has 2 amide bonds. The second-order valence-corrected chi connectivity index (χ2v) is 6.22. The summed E-state index contributed by atoms with van der Waals surface area (Å²) in [6.07, 6.45) is 0. The number of ether oxygens (including phenoxy) is 1. The first-order chi connectivity index (χ1) is 11.9. The number of nitrogens with zero attached hydrogens (tertiary/aromatic N) is 1. The lowest BCUT2D eigenvalue weighted by Gasteiger charge is -2.26. The highest BCUT2D eigenvalue weighted by molar-refractivity contribution is 6.39. The molecule has 0 radical (unpaired) electrons. The third kappa shape index (κ3) is 4.97. The molecule has 132 valence electrons. The number of benzene rings is 2. The molecule has 0 spiro atoms. The number of hydrogen-bond donors (Lipinski definition) is 1. The van der Waals surface area contributed by atoms with Crippen molar-refractivity contribution in [2.45, 2.75) is 26.4 Å². The van der Waals surface area contributed by atoms with Crippen molar-refractivity contribution in [3.63, 3.8) is 0 Å². The highest BCUT2D eigenvalue weighted by Crippen LogP contribution is 2.27. The lowest BCUT2D eigenvalue weighted by molar-refractivity contribution is -0.144. The molecule has 25 heavy (non-hydrogen) atoms. The number of carbonyl (C=O) groups is 2. The summed E-state index contributed by atoms with van der Waals surface area (Å²) in [5, 5.41) is 2.94.